The Morgan fingerprint density at radius 2 is 2.13 bits per heavy atom. The van der Waals surface area contributed by atoms with Gasteiger partial charge in [0, 0.05) is 12.5 Å². The third-order valence-electron chi connectivity index (χ3n) is 3.09. The van der Waals surface area contributed by atoms with Crippen molar-refractivity contribution in [3.8, 4) is 0 Å². The topological polar surface area (TPSA) is 41.1 Å². The second kappa shape index (κ2) is 4.03. The lowest BCUT2D eigenvalue weighted by Gasteiger charge is -2.20. The molecule has 0 saturated carbocycles. The van der Waals surface area contributed by atoms with E-state index in [4.69, 9.17) is 0 Å². The first-order valence-electron chi connectivity index (χ1n) is 5.27. The van der Waals surface area contributed by atoms with Gasteiger partial charge in [0.05, 0.1) is 6.04 Å². The zero-order chi connectivity index (χ0) is 10.8. The molecule has 0 spiro atoms. The second-order valence-corrected chi connectivity index (χ2v) is 3.97. The first kappa shape index (κ1) is 10.2. The van der Waals surface area contributed by atoms with E-state index in [2.05, 4.69) is 29.7 Å². The molecular weight excluding hydrogens is 188 g/mol. The van der Waals surface area contributed by atoms with E-state index in [1.165, 1.54) is 11.1 Å². The number of fused-ring (bicyclic) bond motifs is 1. The van der Waals surface area contributed by atoms with Crippen molar-refractivity contribution < 1.29 is 4.79 Å². The highest BCUT2D eigenvalue weighted by molar-refractivity contribution is 5.83. The number of amides is 1. The maximum absolute atomic E-state index is 11.8. The minimum atomic E-state index is -0.131. The molecule has 1 aliphatic heterocycles. The normalized spacial score (nSPS) is 25.3. The summed E-state index contributed by atoms with van der Waals surface area (Å²) in [5.74, 6) is 0.301. The average Bonchev–Trinajstić information content (AvgIpc) is 2.38. The number of carbonyl (C=O) groups excluding carboxylic acids is 1. The van der Waals surface area contributed by atoms with E-state index in [0.29, 0.717) is 6.54 Å². The predicted octanol–water partition coefficient (Wildman–Crippen LogP) is 1.01. The first-order chi connectivity index (χ1) is 7.24. The molecule has 2 atom stereocenters. The smallest absolute Gasteiger partial charge is 0.238 e. The van der Waals surface area contributed by atoms with Crippen LogP contribution in [0.1, 0.15) is 24.0 Å². The van der Waals surface area contributed by atoms with E-state index in [1.54, 1.807) is 0 Å². The summed E-state index contributed by atoms with van der Waals surface area (Å²) < 4.78 is 0. The molecule has 0 aliphatic carbocycles. The zero-order valence-electron chi connectivity index (χ0n) is 9.08. The molecule has 1 aliphatic rings. The van der Waals surface area contributed by atoms with E-state index in [1.807, 2.05) is 19.2 Å². The van der Waals surface area contributed by atoms with Gasteiger partial charge in [0.15, 0.2) is 0 Å². The van der Waals surface area contributed by atoms with Gasteiger partial charge in [-0.2, -0.15) is 0 Å². The number of hydrogen-bond donors (Lipinski definition) is 2. The van der Waals surface area contributed by atoms with Crippen LogP contribution in [-0.2, 0) is 11.3 Å². The Hall–Kier alpha value is -1.35. The molecule has 1 heterocycles. The summed E-state index contributed by atoms with van der Waals surface area (Å²) in [5.41, 5.74) is 2.48. The maximum atomic E-state index is 11.8. The van der Waals surface area contributed by atoms with Crippen LogP contribution in [0, 0.1) is 0 Å². The monoisotopic (exact) mass is 204 g/mol. The van der Waals surface area contributed by atoms with Crippen molar-refractivity contribution in [1.82, 2.24) is 10.6 Å². The molecule has 3 heteroatoms. The Labute approximate surface area is 89.9 Å². The van der Waals surface area contributed by atoms with Gasteiger partial charge < -0.3 is 10.6 Å². The molecule has 1 amide bonds. The highest BCUT2D eigenvalue weighted by Crippen LogP contribution is 2.25. The van der Waals surface area contributed by atoms with Crippen molar-refractivity contribution in [3.63, 3.8) is 0 Å². The molecule has 15 heavy (non-hydrogen) atoms. The maximum Gasteiger partial charge on any atom is 0.238 e. The summed E-state index contributed by atoms with van der Waals surface area (Å²) in [4.78, 5) is 11.8. The van der Waals surface area contributed by atoms with Crippen LogP contribution in [0.15, 0.2) is 24.3 Å². The van der Waals surface area contributed by atoms with Crippen molar-refractivity contribution >= 4 is 5.91 Å². The Bertz CT molecular complexity index is 376. The van der Waals surface area contributed by atoms with Crippen LogP contribution < -0.4 is 10.6 Å². The summed E-state index contributed by atoms with van der Waals surface area (Å²) >= 11 is 0. The van der Waals surface area contributed by atoms with Crippen molar-refractivity contribution in [2.75, 3.05) is 7.05 Å². The van der Waals surface area contributed by atoms with Crippen LogP contribution in [0.3, 0.4) is 0 Å². The Balaban J connectivity index is 2.42. The number of hydrogen-bond acceptors (Lipinski definition) is 2. The third kappa shape index (κ3) is 1.75. The zero-order valence-corrected chi connectivity index (χ0v) is 9.08. The molecule has 3 nitrogen and oxygen atoms in total. The summed E-state index contributed by atoms with van der Waals surface area (Å²) in [6.45, 7) is 2.72. The van der Waals surface area contributed by atoms with Crippen LogP contribution >= 0.6 is 0 Å². The molecular formula is C12H16N2O. The van der Waals surface area contributed by atoms with Crippen LogP contribution in [0.4, 0.5) is 0 Å². The van der Waals surface area contributed by atoms with E-state index >= 15 is 0 Å². The van der Waals surface area contributed by atoms with Gasteiger partial charge in [0.25, 0.3) is 0 Å². The molecule has 2 N–H and O–H groups in total. The molecule has 1 aromatic carbocycles. The van der Waals surface area contributed by atoms with Crippen molar-refractivity contribution in [2.45, 2.75) is 25.4 Å². The van der Waals surface area contributed by atoms with E-state index < -0.39 is 0 Å². The lowest BCUT2D eigenvalue weighted by molar-refractivity contribution is -0.123. The van der Waals surface area contributed by atoms with E-state index in [-0.39, 0.29) is 17.9 Å². The number of rotatable bonds is 1. The van der Waals surface area contributed by atoms with E-state index in [0.717, 1.165) is 0 Å². The van der Waals surface area contributed by atoms with Crippen LogP contribution in [0.25, 0.3) is 0 Å². The van der Waals surface area contributed by atoms with Crippen molar-refractivity contribution in [3.05, 3.63) is 35.4 Å². The molecule has 0 radical (unpaired) electrons. The highest BCUT2D eigenvalue weighted by atomic mass is 16.2. The van der Waals surface area contributed by atoms with Gasteiger partial charge in [0.1, 0.15) is 0 Å². The fourth-order valence-electron chi connectivity index (χ4n) is 2.22. The molecule has 80 valence electrons. The second-order valence-electron chi connectivity index (χ2n) is 3.97. The molecule has 0 bridgehead atoms. The summed E-state index contributed by atoms with van der Waals surface area (Å²) in [6, 6.07) is 8.08. The average molecular weight is 204 g/mol. The summed E-state index contributed by atoms with van der Waals surface area (Å²) in [5, 5.41) is 6.00. The van der Waals surface area contributed by atoms with Crippen LogP contribution in [-0.4, -0.2) is 19.0 Å². The third-order valence-corrected chi connectivity index (χ3v) is 3.09. The van der Waals surface area contributed by atoms with Crippen LogP contribution in [0.5, 0.6) is 0 Å². The number of likely N-dealkylation sites (N-methyl/N-ethyl adjacent to an activating group) is 1. The summed E-state index contributed by atoms with van der Waals surface area (Å²) in [7, 11) is 1.83. The first-order valence-corrected chi connectivity index (χ1v) is 5.27. The number of benzene rings is 1. The minimum Gasteiger partial charge on any atom is -0.351 e. The Morgan fingerprint density at radius 1 is 1.40 bits per heavy atom. The lowest BCUT2D eigenvalue weighted by atomic mass is 9.91. The Kier molecular flexibility index (Phi) is 2.73. The van der Waals surface area contributed by atoms with Crippen LogP contribution in [0.2, 0.25) is 0 Å². The van der Waals surface area contributed by atoms with Gasteiger partial charge in [-0.25, -0.2) is 0 Å². The fraction of sp³-hybridized carbons (Fsp3) is 0.417. The SMILES string of the molecule is CNC1C(=O)NCc2ccccc2C1C. The molecule has 0 aromatic heterocycles. The van der Waals surface area contributed by atoms with Gasteiger partial charge >= 0.3 is 0 Å². The highest BCUT2D eigenvalue weighted by Gasteiger charge is 2.28. The molecule has 0 saturated heterocycles. The number of nitrogens with one attached hydrogen (secondary N) is 2. The van der Waals surface area contributed by atoms with Crippen molar-refractivity contribution in [1.29, 1.82) is 0 Å². The molecule has 1 aromatic rings. The van der Waals surface area contributed by atoms with Gasteiger partial charge in [-0.15, -0.1) is 0 Å². The lowest BCUT2D eigenvalue weighted by Crippen LogP contribution is -2.43. The molecule has 0 fully saturated rings. The van der Waals surface area contributed by atoms with Gasteiger partial charge in [-0.05, 0) is 18.2 Å². The fourth-order valence-corrected chi connectivity index (χ4v) is 2.22. The standard InChI is InChI=1S/C12H16N2O/c1-8-10-6-4-3-5-9(10)7-14-12(15)11(8)13-2/h3-6,8,11,13H,7H2,1-2H3,(H,14,15). The molecule has 2 unspecified atom stereocenters. The largest absolute Gasteiger partial charge is 0.351 e. The predicted molar refractivity (Wildman–Crippen MR) is 59.6 cm³/mol. The van der Waals surface area contributed by atoms with Gasteiger partial charge in [-0.1, -0.05) is 31.2 Å². The van der Waals surface area contributed by atoms with Crippen molar-refractivity contribution in [2.24, 2.45) is 0 Å². The van der Waals surface area contributed by atoms with Gasteiger partial charge in [0.2, 0.25) is 5.91 Å². The van der Waals surface area contributed by atoms with Gasteiger partial charge in [-0.3, -0.25) is 4.79 Å². The Morgan fingerprint density at radius 3 is 2.87 bits per heavy atom. The summed E-state index contributed by atoms with van der Waals surface area (Å²) in [6.07, 6.45) is 0. The quantitative estimate of drug-likeness (QED) is 0.716. The van der Waals surface area contributed by atoms with E-state index in [9.17, 15) is 4.79 Å². The number of carbonyl (C=O) groups is 1. The minimum absolute atomic E-state index is 0.0844. The molecule has 2 rings (SSSR count).